The van der Waals surface area contributed by atoms with Crippen molar-refractivity contribution in [2.45, 2.75) is 19.8 Å². The summed E-state index contributed by atoms with van der Waals surface area (Å²) in [6.45, 7) is 10.3. The molecular weight excluding hydrogens is 504 g/mol. The van der Waals surface area contributed by atoms with Crippen molar-refractivity contribution in [3.63, 3.8) is 0 Å². The quantitative estimate of drug-likeness (QED) is 0.278. The van der Waals surface area contributed by atoms with Crippen LogP contribution in [0.15, 0.2) is 66.9 Å². The molecule has 0 bridgehead atoms. The maximum Gasteiger partial charge on any atom is 0.227 e. The van der Waals surface area contributed by atoms with Crippen LogP contribution in [-0.2, 0) is 0 Å². The minimum atomic E-state index is 0.592. The average molecular weight is 541 g/mol. The molecule has 6 rings (SSSR count). The Balaban J connectivity index is 1.12. The summed E-state index contributed by atoms with van der Waals surface area (Å²) in [6, 6.07) is 21.3. The molecule has 2 N–H and O–H groups in total. The third kappa shape index (κ3) is 6.41. The van der Waals surface area contributed by atoms with Crippen molar-refractivity contribution in [1.82, 2.24) is 20.2 Å². The average Bonchev–Trinajstić information content (AvgIpc) is 3.69. The van der Waals surface area contributed by atoms with Crippen LogP contribution < -0.4 is 20.3 Å². The van der Waals surface area contributed by atoms with Gasteiger partial charge in [0.15, 0.2) is 0 Å². The van der Waals surface area contributed by atoms with Crippen LogP contribution in [0.2, 0.25) is 0 Å². The monoisotopic (exact) mass is 540 g/mol. The van der Waals surface area contributed by atoms with Crippen LogP contribution in [0.1, 0.15) is 18.4 Å². The number of hydrogen-bond donors (Lipinski definition) is 2. The lowest BCUT2D eigenvalue weighted by Crippen LogP contribution is -2.43. The molecule has 0 saturated carbocycles. The number of thiophene rings is 1. The Morgan fingerprint density at radius 3 is 2.56 bits per heavy atom. The molecule has 0 radical (unpaired) electrons. The first-order valence-electron chi connectivity index (χ1n) is 13.9. The number of anilines is 3. The molecule has 8 heteroatoms. The normalized spacial score (nSPS) is 16.0. The van der Waals surface area contributed by atoms with E-state index in [0.29, 0.717) is 5.95 Å². The second kappa shape index (κ2) is 12.2. The summed E-state index contributed by atoms with van der Waals surface area (Å²) < 4.78 is 5.94. The maximum absolute atomic E-state index is 5.94. The Morgan fingerprint density at radius 1 is 0.949 bits per heavy atom. The molecule has 0 atom stereocenters. The van der Waals surface area contributed by atoms with E-state index < -0.39 is 0 Å². The Morgan fingerprint density at radius 2 is 1.74 bits per heavy atom. The molecule has 4 aromatic rings. The summed E-state index contributed by atoms with van der Waals surface area (Å²) >= 11 is 1.77. The number of hydrogen-bond acceptors (Lipinski definition) is 8. The van der Waals surface area contributed by atoms with E-state index in [0.717, 1.165) is 66.9 Å². The van der Waals surface area contributed by atoms with Crippen LogP contribution in [0.5, 0.6) is 5.75 Å². The van der Waals surface area contributed by atoms with Gasteiger partial charge in [-0.1, -0.05) is 12.1 Å². The van der Waals surface area contributed by atoms with E-state index in [1.54, 1.807) is 11.3 Å². The summed E-state index contributed by atoms with van der Waals surface area (Å²) in [5.41, 5.74) is 5.49. The third-order valence-corrected chi connectivity index (χ3v) is 8.55. The van der Waals surface area contributed by atoms with Crippen LogP contribution in [0.4, 0.5) is 17.3 Å². The second-order valence-corrected chi connectivity index (χ2v) is 11.3. The highest BCUT2D eigenvalue weighted by Gasteiger charge is 2.14. The van der Waals surface area contributed by atoms with Crippen molar-refractivity contribution in [3.05, 3.63) is 72.4 Å². The van der Waals surface area contributed by atoms with Gasteiger partial charge in [-0.15, -0.1) is 11.3 Å². The maximum atomic E-state index is 5.94. The summed E-state index contributed by atoms with van der Waals surface area (Å²) in [4.78, 5) is 16.7. The molecule has 7 nitrogen and oxygen atoms in total. The molecule has 0 amide bonds. The van der Waals surface area contributed by atoms with E-state index in [4.69, 9.17) is 9.72 Å². The van der Waals surface area contributed by atoms with E-state index in [1.165, 1.54) is 42.1 Å². The van der Waals surface area contributed by atoms with Crippen molar-refractivity contribution < 1.29 is 4.74 Å². The fourth-order valence-corrected chi connectivity index (χ4v) is 6.27. The summed E-state index contributed by atoms with van der Waals surface area (Å²) in [7, 11) is 0. The first-order chi connectivity index (χ1) is 19.2. The third-order valence-electron chi connectivity index (χ3n) is 7.41. The molecule has 2 aromatic carbocycles. The molecule has 4 heterocycles. The zero-order valence-corrected chi connectivity index (χ0v) is 23.3. The predicted molar refractivity (Wildman–Crippen MR) is 161 cm³/mol. The largest absolute Gasteiger partial charge is 0.492 e. The molecule has 2 aromatic heterocycles. The van der Waals surface area contributed by atoms with Crippen LogP contribution in [0.25, 0.3) is 21.0 Å². The highest BCUT2D eigenvalue weighted by molar-refractivity contribution is 7.18. The lowest BCUT2D eigenvalue weighted by atomic mass is 10.1. The van der Waals surface area contributed by atoms with Crippen molar-refractivity contribution in [2.75, 3.05) is 62.6 Å². The van der Waals surface area contributed by atoms with Gasteiger partial charge in [0.2, 0.25) is 5.95 Å². The van der Waals surface area contributed by atoms with Crippen LogP contribution in [-0.4, -0.2) is 67.3 Å². The molecule has 2 aliphatic heterocycles. The van der Waals surface area contributed by atoms with Crippen molar-refractivity contribution in [2.24, 2.45) is 0 Å². The SMILES string of the molecule is Cc1cnc(Nc2ccc(OCCN3CCCC3)cc2)nc1-c1ccc(-c2cccc(N3CCNCC3)c2)s1. The van der Waals surface area contributed by atoms with Gasteiger partial charge in [-0.3, -0.25) is 4.90 Å². The van der Waals surface area contributed by atoms with Crippen molar-refractivity contribution >= 4 is 28.7 Å². The molecule has 39 heavy (non-hydrogen) atoms. The van der Waals surface area contributed by atoms with E-state index in [2.05, 4.69) is 68.7 Å². The second-order valence-electron chi connectivity index (χ2n) is 10.2. The summed E-state index contributed by atoms with van der Waals surface area (Å²) in [6.07, 6.45) is 4.51. The predicted octanol–water partition coefficient (Wildman–Crippen LogP) is 5.81. The fourth-order valence-electron chi connectivity index (χ4n) is 5.21. The number of benzene rings is 2. The summed E-state index contributed by atoms with van der Waals surface area (Å²) in [5.74, 6) is 1.48. The van der Waals surface area contributed by atoms with Gasteiger partial charge in [0.25, 0.3) is 0 Å². The Labute approximate surface area is 234 Å². The van der Waals surface area contributed by atoms with Crippen molar-refractivity contribution in [1.29, 1.82) is 0 Å². The van der Waals surface area contributed by atoms with Gasteiger partial charge in [-0.2, -0.15) is 0 Å². The minimum Gasteiger partial charge on any atom is -0.492 e. The lowest BCUT2D eigenvalue weighted by molar-refractivity contribution is 0.238. The van der Waals surface area contributed by atoms with E-state index in [9.17, 15) is 0 Å². The van der Waals surface area contributed by atoms with E-state index in [1.807, 2.05) is 30.5 Å². The number of piperazine rings is 1. The number of nitrogens with zero attached hydrogens (tertiary/aromatic N) is 4. The zero-order chi connectivity index (χ0) is 26.4. The van der Waals surface area contributed by atoms with Gasteiger partial charge in [-0.05, 0) is 92.5 Å². The molecular formula is C31H36N6OS. The number of rotatable bonds is 9. The molecule has 2 aliphatic rings. The van der Waals surface area contributed by atoms with Crippen LogP contribution in [0.3, 0.4) is 0 Å². The summed E-state index contributed by atoms with van der Waals surface area (Å²) in [5, 5.41) is 6.79. The molecule has 0 spiro atoms. The number of likely N-dealkylation sites (tertiary alicyclic amines) is 1. The van der Waals surface area contributed by atoms with Gasteiger partial charge in [0.1, 0.15) is 12.4 Å². The van der Waals surface area contributed by atoms with Crippen LogP contribution in [0, 0.1) is 6.92 Å². The highest BCUT2D eigenvalue weighted by atomic mass is 32.1. The van der Waals surface area contributed by atoms with E-state index in [-0.39, 0.29) is 0 Å². The first kappa shape index (κ1) is 25.8. The standard InChI is InChI=1S/C31H36N6OS/c1-23-22-33-31(34-25-7-9-27(10-8-25)38-20-19-36-15-2-3-16-36)35-30(23)29-12-11-28(39-29)24-5-4-6-26(21-24)37-17-13-32-14-18-37/h4-12,21-22,32H,2-3,13-20H2,1H3,(H,33,34,35). The Bertz CT molecular complexity index is 1380. The molecule has 2 fully saturated rings. The lowest BCUT2D eigenvalue weighted by Gasteiger charge is -2.29. The molecule has 202 valence electrons. The topological polar surface area (TPSA) is 65.6 Å². The Kier molecular flexibility index (Phi) is 8.04. The first-order valence-corrected chi connectivity index (χ1v) is 14.8. The van der Waals surface area contributed by atoms with Gasteiger partial charge in [0.05, 0.1) is 10.6 Å². The molecule has 2 saturated heterocycles. The minimum absolute atomic E-state index is 0.592. The molecule has 0 aliphatic carbocycles. The van der Waals surface area contributed by atoms with Gasteiger partial charge >= 0.3 is 0 Å². The smallest absolute Gasteiger partial charge is 0.227 e. The van der Waals surface area contributed by atoms with Gasteiger partial charge < -0.3 is 20.3 Å². The molecule has 0 unspecified atom stereocenters. The Hall–Kier alpha value is -3.46. The number of aromatic nitrogens is 2. The number of nitrogens with one attached hydrogen (secondary N) is 2. The number of aryl methyl sites for hydroxylation is 1. The van der Waals surface area contributed by atoms with Gasteiger partial charge in [0, 0.05) is 55.2 Å². The zero-order valence-electron chi connectivity index (χ0n) is 22.5. The fraction of sp³-hybridized carbons (Fsp3) is 0.355. The van der Waals surface area contributed by atoms with Crippen LogP contribution >= 0.6 is 11.3 Å². The van der Waals surface area contributed by atoms with Crippen molar-refractivity contribution in [3.8, 4) is 26.8 Å². The van der Waals surface area contributed by atoms with Gasteiger partial charge in [-0.25, -0.2) is 9.97 Å². The highest BCUT2D eigenvalue weighted by Crippen LogP contribution is 2.36. The number of ether oxygens (including phenoxy) is 1. The van der Waals surface area contributed by atoms with E-state index >= 15 is 0 Å².